The topological polar surface area (TPSA) is 108 Å². The largest absolute Gasteiger partial charge is 0.497 e. The lowest BCUT2D eigenvalue weighted by molar-refractivity contribution is 0.0689. The van der Waals surface area contributed by atoms with Crippen LogP contribution in [0.3, 0.4) is 0 Å². The lowest BCUT2D eigenvalue weighted by Crippen LogP contribution is -2.39. The maximum atomic E-state index is 12.3. The molecule has 1 aromatic carbocycles. The summed E-state index contributed by atoms with van der Waals surface area (Å²) in [6, 6.07) is 6.83. The summed E-state index contributed by atoms with van der Waals surface area (Å²) < 4.78 is 5.12. The van der Waals surface area contributed by atoms with Crippen LogP contribution in [0.4, 0.5) is 10.5 Å². The van der Waals surface area contributed by atoms with E-state index in [1.54, 1.807) is 36.3 Å². The van der Waals surface area contributed by atoms with Gasteiger partial charge in [-0.25, -0.2) is 9.59 Å². The highest BCUT2D eigenvalue weighted by Gasteiger charge is 2.27. The number of aromatic amines is 1. The van der Waals surface area contributed by atoms with Crippen LogP contribution in [-0.4, -0.2) is 45.9 Å². The van der Waals surface area contributed by atoms with Crippen molar-refractivity contribution in [3.05, 3.63) is 41.2 Å². The van der Waals surface area contributed by atoms with Crippen molar-refractivity contribution in [3.8, 4) is 5.75 Å². The Bertz CT molecular complexity index is 756. The number of nitrogens with zero attached hydrogens (tertiary/aromatic N) is 2. The van der Waals surface area contributed by atoms with E-state index < -0.39 is 5.97 Å². The standard InChI is InChI=1S/C15H16N4O4/c1-23-10-4-2-3-9(7-10)16-15(22)19-6-5-11-12(8-19)17-18-13(11)14(20)21/h2-4,7H,5-6,8H2,1H3,(H,16,22)(H,17,18)(H,20,21). The number of hydrogen-bond donors (Lipinski definition) is 3. The summed E-state index contributed by atoms with van der Waals surface area (Å²) in [6.45, 7) is 0.730. The molecule has 3 N–H and O–H groups in total. The number of amides is 2. The molecule has 2 amide bonds. The van der Waals surface area contributed by atoms with Gasteiger partial charge in [-0.15, -0.1) is 0 Å². The van der Waals surface area contributed by atoms with Crippen molar-refractivity contribution in [2.24, 2.45) is 0 Å². The Labute approximate surface area is 132 Å². The van der Waals surface area contributed by atoms with Crippen molar-refractivity contribution in [2.45, 2.75) is 13.0 Å². The summed E-state index contributed by atoms with van der Waals surface area (Å²) in [4.78, 5) is 25.0. The van der Waals surface area contributed by atoms with E-state index in [0.29, 0.717) is 42.2 Å². The molecule has 8 nitrogen and oxygen atoms in total. The summed E-state index contributed by atoms with van der Waals surface area (Å²) >= 11 is 0. The summed E-state index contributed by atoms with van der Waals surface area (Å²) in [7, 11) is 1.56. The lowest BCUT2D eigenvalue weighted by Gasteiger charge is -2.26. The van der Waals surface area contributed by atoms with Crippen molar-refractivity contribution in [1.29, 1.82) is 0 Å². The fourth-order valence-electron chi connectivity index (χ4n) is 2.57. The smallest absolute Gasteiger partial charge is 0.356 e. The van der Waals surface area contributed by atoms with Crippen LogP contribution >= 0.6 is 0 Å². The molecule has 0 spiro atoms. The van der Waals surface area contributed by atoms with Crippen molar-refractivity contribution < 1.29 is 19.4 Å². The molecule has 0 radical (unpaired) electrons. The second-order valence-corrected chi connectivity index (χ2v) is 5.17. The van der Waals surface area contributed by atoms with Gasteiger partial charge in [-0.05, 0) is 18.6 Å². The van der Waals surface area contributed by atoms with Crippen LogP contribution in [0.5, 0.6) is 5.75 Å². The second-order valence-electron chi connectivity index (χ2n) is 5.17. The summed E-state index contributed by atoms with van der Waals surface area (Å²) in [5, 5.41) is 18.4. The van der Waals surface area contributed by atoms with E-state index in [-0.39, 0.29) is 11.7 Å². The molecule has 3 rings (SSSR count). The third-order valence-electron chi connectivity index (χ3n) is 3.74. The first-order valence-corrected chi connectivity index (χ1v) is 7.08. The average Bonchev–Trinajstić information content (AvgIpc) is 2.98. The molecule has 23 heavy (non-hydrogen) atoms. The number of H-pyrrole nitrogens is 1. The van der Waals surface area contributed by atoms with Crippen LogP contribution in [0, 0.1) is 0 Å². The van der Waals surface area contributed by atoms with Gasteiger partial charge in [-0.3, -0.25) is 5.10 Å². The summed E-state index contributed by atoms with van der Waals surface area (Å²) in [5.74, 6) is -0.403. The molecule has 1 aliphatic rings. The molecule has 0 saturated heterocycles. The van der Waals surface area contributed by atoms with E-state index in [4.69, 9.17) is 9.84 Å². The fraction of sp³-hybridized carbons (Fsp3) is 0.267. The quantitative estimate of drug-likeness (QED) is 0.799. The number of methoxy groups -OCH3 is 1. The van der Waals surface area contributed by atoms with Crippen molar-refractivity contribution in [3.63, 3.8) is 0 Å². The van der Waals surface area contributed by atoms with Gasteiger partial charge >= 0.3 is 12.0 Å². The number of aromatic nitrogens is 2. The van der Waals surface area contributed by atoms with Crippen molar-refractivity contribution in [1.82, 2.24) is 15.1 Å². The number of carbonyl (C=O) groups is 2. The molecule has 120 valence electrons. The van der Waals surface area contributed by atoms with Crippen LogP contribution in [0.25, 0.3) is 0 Å². The van der Waals surface area contributed by atoms with Crippen molar-refractivity contribution >= 4 is 17.7 Å². The third kappa shape index (κ3) is 2.96. The van der Waals surface area contributed by atoms with Gasteiger partial charge in [0.15, 0.2) is 5.69 Å². The number of benzene rings is 1. The van der Waals surface area contributed by atoms with Crippen LogP contribution < -0.4 is 10.1 Å². The molecule has 1 aromatic heterocycles. The van der Waals surface area contributed by atoms with Gasteiger partial charge in [0.2, 0.25) is 0 Å². The Kier molecular flexibility index (Phi) is 3.88. The molecule has 0 atom stereocenters. The normalized spacial score (nSPS) is 13.3. The summed E-state index contributed by atoms with van der Waals surface area (Å²) in [5.41, 5.74) is 2.00. The molecule has 0 unspecified atom stereocenters. The predicted molar refractivity (Wildman–Crippen MR) is 81.7 cm³/mol. The molecular weight excluding hydrogens is 300 g/mol. The Morgan fingerprint density at radius 1 is 1.43 bits per heavy atom. The van der Waals surface area contributed by atoms with Gasteiger partial charge in [-0.2, -0.15) is 5.10 Å². The number of nitrogens with one attached hydrogen (secondary N) is 2. The number of carbonyl (C=O) groups excluding carboxylic acids is 1. The number of urea groups is 1. The van der Waals surface area contributed by atoms with Crippen LogP contribution in [0.15, 0.2) is 24.3 Å². The van der Waals surface area contributed by atoms with E-state index in [0.717, 1.165) is 0 Å². The van der Waals surface area contributed by atoms with E-state index in [9.17, 15) is 9.59 Å². The molecule has 0 fully saturated rings. The molecule has 1 aliphatic heterocycles. The molecule has 0 aliphatic carbocycles. The van der Waals surface area contributed by atoms with Crippen molar-refractivity contribution in [2.75, 3.05) is 19.0 Å². The van der Waals surface area contributed by atoms with Crippen LogP contribution in [0.1, 0.15) is 21.7 Å². The number of hydrogen-bond acceptors (Lipinski definition) is 4. The Hall–Kier alpha value is -3.03. The zero-order valence-electron chi connectivity index (χ0n) is 12.5. The van der Waals surface area contributed by atoms with E-state index in [1.165, 1.54) is 0 Å². The zero-order valence-corrected chi connectivity index (χ0v) is 12.5. The van der Waals surface area contributed by atoms with E-state index >= 15 is 0 Å². The van der Waals surface area contributed by atoms with Gasteiger partial charge in [0.05, 0.1) is 19.3 Å². The average molecular weight is 316 g/mol. The zero-order chi connectivity index (χ0) is 16.4. The second kappa shape index (κ2) is 5.99. The molecule has 2 heterocycles. The minimum absolute atomic E-state index is 0.0350. The number of rotatable bonds is 3. The van der Waals surface area contributed by atoms with E-state index in [1.807, 2.05) is 0 Å². The first-order chi connectivity index (χ1) is 11.1. The number of aromatic carboxylic acids is 1. The highest BCUT2D eigenvalue weighted by molar-refractivity contribution is 5.90. The number of carboxylic acids is 1. The SMILES string of the molecule is COc1cccc(NC(=O)N2CCc3c(C(=O)O)n[nH]c3C2)c1. The third-order valence-corrected chi connectivity index (χ3v) is 3.74. The van der Waals surface area contributed by atoms with Gasteiger partial charge in [0, 0.05) is 23.9 Å². The molecular formula is C15H16N4O4. The number of anilines is 1. The first kappa shape index (κ1) is 14.9. The Balaban J connectivity index is 1.70. The Morgan fingerprint density at radius 3 is 3.00 bits per heavy atom. The Morgan fingerprint density at radius 2 is 2.26 bits per heavy atom. The van der Waals surface area contributed by atoms with Gasteiger partial charge < -0.3 is 20.1 Å². The molecule has 8 heteroatoms. The molecule has 0 bridgehead atoms. The van der Waals surface area contributed by atoms with Crippen LogP contribution in [-0.2, 0) is 13.0 Å². The van der Waals surface area contributed by atoms with Crippen LogP contribution in [0.2, 0.25) is 0 Å². The lowest BCUT2D eigenvalue weighted by atomic mass is 10.0. The van der Waals surface area contributed by atoms with E-state index in [2.05, 4.69) is 15.5 Å². The molecule has 0 saturated carbocycles. The predicted octanol–water partition coefficient (Wildman–Crippen LogP) is 1.71. The first-order valence-electron chi connectivity index (χ1n) is 7.08. The highest BCUT2D eigenvalue weighted by atomic mass is 16.5. The van der Waals surface area contributed by atoms with Gasteiger partial charge in [0.25, 0.3) is 0 Å². The number of ether oxygens (including phenoxy) is 1. The maximum Gasteiger partial charge on any atom is 0.356 e. The van der Waals surface area contributed by atoms with Gasteiger partial charge in [-0.1, -0.05) is 6.07 Å². The minimum atomic E-state index is -1.06. The summed E-state index contributed by atoms with van der Waals surface area (Å²) in [6.07, 6.45) is 0.457. The maximum absolute atomic E-state index is 12.3. The minimum Gasteiger partial charge on any atom is -0.497 e. The molecule has 2 aromatic rings. The van der Waals surface area contributed by atoms with Gasteiger partial charge in [0.1, 0.15) is 5.75 Å². The number of carboxylic acid groups (broad SMARTS) is 1. The fourth-order valence-corrected chi connectivity index (χ4v) is 2.57. The number of fused-ring (bicyclic) bond motifs is 1. The highest BCUT2D eigenvalue weighted by Crippen LogP contribution is 2.22. The monoisotopic (exact) mass is 316 g/mol.